The third-order valence-electron chi connectivity index (χ3n) is 2.27. The number of hydrogen-bond acceptors (Lipinski definition) is 3. The average molecular weight is 295 g/mol. The van der Waals surface area contributed by atoms with Crippen LogP contribution in [0, 0.1) is 0 Å². The van der Waals surface area contributed by atoms with E-state index >= 15 is 0 Å². The number of H-pyrrole nitrogens is 1. The van der Waals surface area contributed by atoms with Crippen molar-refractivity contribution in [2.24, 2.45) is 0 Å². The maximum atomic E-state index is 11.9. The summed E-state index contributed by atoms with van der Waals surface area (Å²) in [6, 6.07) is 3.27. The second-order valence-corrected chi connectivity index (χ2v) is 4.35. The number of pyridine rings is 1. The zero-order chi connectivity index (χ0) is 12.3. The number of halogens is 1. The molecule has 2 aromatic rings. The highest BCUT2D eigenvalue weighted by atomic mass is 79.9. The molecule has 0 saturated carbocycles. The van der Waals surface area contributed by atoms with Gasteiger partial charge in [-0.3, -0.25) is 4.79 Å². The summed E-state index contributed by atoms with van der Waals surface area (Å²) in [5.74, 6) is 0.553. The Labute approximate surface area is 107 Å². The molecule has 0 radical (unpaired) electrons. The summed E-state index contributed by atoms with van der Waals surface area (Å²) in [5, 5.41) is 2.83. The van der Waals surface area contributed by atoms with E-state index in [9.17, 15) is 4.79 Å². The van der Waals surface area contributed by atoms with Gasteiger partial charge in [0.05, 0.1) is 11.6 Å². The molecule has 0 bridgehead atoms. The fourth-order valence-corrected chi connectivity index (χ4v) is 1.61. The van der Waals surface area contributed by atoms with Crippen LogP contribution < -0.4 is 5.32 Å². The number of carbonyl (C=O) groups is 1. The van der Waals surface area contributed by atoms with Gasteiger partial charge in [0.25, 0.3) is 5.91 Å². The van der Waals surface area contributed by atoms with Crippen molar-refractivity contribution in [3.63, 3.8) is 0 Å². The van der Waals surface area contributed by atoms with Crippen molar-refractivity contribution in [1.29, 1.82) is 0 Å². The predicted octanol–water partition coefficient (Wildman–Crippen LogP) is 2.06. The van der Waals surface area contributed by atoms with Crippen molar-refractivity contribution < 1.29 is 4.79 Å². The Morgan fingerprint density at radius 1 is 1.47 bits per heavy atom. The lowest BCUT2D eigenvalue weighted by Crippen LogP contribution is -2.27. The predicted molar refractivity (Wildman–Crippen MR) is 66.4 cm³/mol. The summed E-state index contributed by atoms with van der Waals surface area (Å²) in [4.78, 5) is 22.9. The highest BCUT2D eigenvalue weighted by Crippen LogP contribution is 2.09. The first kappa shape index (κ1) is 11.8. The smallest absolute Gasteiger partial charge is 0.253 e. The van der Waals surface area contributed by atoms with Crippen molar-refractivity contribution in [3.8, 4) is 0 Å². The molecule has 2 rings (SSSR count). The second-order valence-electron chi connectivity index (χ2n) is 3.54. The van der Waals surface area contributed by atoms with E-state index in [1.165, 1.54) is 6.20 Å². The molecule has 0 spiro atoms. The van der Waals surface area contributed by atoms with Crippen LogP contribution in [-0.4, -0.2) is 20.9 Å². The fraction of sp³-hybridized carbons (Fsp3) is 0.182. The van der Waals surface area contributed by atoms with Crippen LogP contribution in [0.25, 0.3) is 0 Å². The number of nitrogens with one attached hydrogen (secondary N) is 2. The lowest BCUT2D eigenvalue weighted by Gasteiger charge is -2.11. The van der Waals surface area contributed by atoms with E-state index in [1.807, 2.05) is 6.92 Å². The van der Waals surface area contributed by atoms with Crippen LogP contribution in [0.3, 0.4) is 0 Å². The first-order valence-corrected chi connectivity index (χ1v) is 5.88. The molecule has 1 atom stereocenters. The number of nitrogens with zero attached hydrogens (tertiary/aromatic N) is 2. The number of hydrogen-bond donors (Lipinski definition) is 2. The quantitative estimate of drug-likeness (QED) is 0.851. The highest BCUT2D eigenvalue weighted by Gasteiger charge is 2.12. The molecule has 0 aliphatic carbocycles. The van der Waals surface area contributed by atoms with Gasteiger partial charge in [-0.05, 0) is 35.0 Å². The fourth-order valence-electron chi connectivity index (χ4n) is 1.37. The van der Waals surface area contributed by atoms with Gasteiger partial charge in [-0.25, -0.2) is 9.97 Å². The van der Waals surface area contributed by atoms with Crippen LogP contribution in [0.15, 0.2) is 35.3 Å². The second kappa shape index (κ2) is 5.09. The number of carbonyl (C=O) groups excluding carboxylic acids is 1. The summed E-state index contributed by atoms with van der Waals surface area (Å²) in [5.41, 5.74) is 0.520. The van der Waals surface area contributed by atoms with Gasteiger partial charge < -0.3 is 10.3 Å². The van der Waals surface area contributed by atoms with Crippen molar-refractivity contribution in [3.05, 3.63) is 46.7 Å². The van der Waals surface area contributed by atoms with Crippen LogP contribution in [0.2, 0.25) is 0 Å². The van der Waals surface area contributed by atoms with Crippen LogP contribution >= 0.6 is 15.9 Å². The highest BCUT2D eigenvalue weighted by molar-refractivity contribution is 9.10. The summed E-state index contributed by atoms with van der Waals surface area (Å²) < 4.78 is 0.702. The SMILES string of the molecule is CC(NC(=O)c1ccc(Br)nc1)c1ncc[nH]1. The molecular weight excluding hydrogens is 284 g/mol. The minimum Gasteiger partial charge on any atom is -0.347 e. The van der Waals surface area contributed by atoms with Crippen molar-refractivity contribution >= 4 is 21.8 Å². The molecule has 0 fully saturated rings. The molecule has 17 heavy (non-hydrogen) atoms. The molecule has 2 N–H and O–H groups in total. The van der Waals surface area contributed by atoms with E-state index < -0.39 is 0 Å². The molecule has 2 heterocycles. The molecule has 6 heteroatoms. The third-order valence-corrected chi connectivity index (χ3v) is 2.74. The maximum Gasteiger partial charge on any atom is 0.253 e. The van der Waals surface area contributed by atoms with Crippen molar-refractivity contribution in [2.45, 2.75) is 13.0 Å². The van der Waals surface area contributed by atoms with Gasteiger partial charge in [-0.2, -0.15) is 0 Å². The average Bonchev–Trinajstić information content (AvgIpc) is 2.83. The minimum atomic E-state index is -0.172. The monoisotopic (exact) mass is 294 g/mol. The molecule has 1 unspecified atom stereocenters. The third kappa shape index (κ3) is 2.91. The maximum absolute atomic E-state index is 11.9. The molecule has 88 valence electrons. The Morgan fingerprint density at radius 2 is 2.29 bits per heavy atom. The number of aromatic amines is 1. The van der Waals surface area contributed by atoms with E-state index in [0.29, 0.717) is 10.2 Å². The summed E-state index contributed by atoms with van der Waals surface area (Å²) in [6.07, 6.45) is 4.90. The van der Waals surface area contributed by atoms with Gasteiger partial charge in [0.15, 0.2) is 0 Å². The van der Waals surface area contributed by atoms with Crippen LogP contribution in [0.1, 0.15) is 29.1 Å². The van der Waals surface area contributed by atoms with Gasteiger partial charge in [0.2, 0.25) is 0 Å². The number of amides is 1. The molecule has 5 nitrogen and oxygen atoms in total. The van der Waals surface area contributed by atoms with E-state index in [1.54, 1.807) is 24.5 Å². The zero-order valence-electron chi connectivity index (χ0n) is 9.14. The van der Waals surface area contributed by atoms with Crippen molar-refractivity contribution in [2.75, 3.05) is 0 Å². The Kier molecular flexibility index (Phi) is 3.53. The van der Waals surface area contributed by atoms with Crippen LogP contribution in [-0.2, 0) is 0 Å². The summed E-state index contributed by atoms with van der Waals surface area (Å²) in [7, 11) is 0. The molecule has 2 aromatic heterocycles. The molecule has 1 amide bonds. The van der Waals surface area contributed by atoms with E-state index in [0.717, 1.165) is 5.82 Å². The Morgan fingerprint density at radius 3 is 2.88 bits per heavy atom. The number of aromatic nitrogens is 3. The van der Waals surface area contributed by atoms with Crippen molar-refractivity contribution in [1.82, 2.24) is 20.3 Å². The van der Waals surface area contributed by atoms with E-state index in [-0.39, 0.29) is 11.9 Å². The standard InChI is InChI=1S/C11H11BrN4O/c1-7(10-13-4-5-14-10)16-11(17)8-2-3-9(12)15-6-8/h2-7H,1H3,(H,13,14)(H,16,17). The normalized spacial score (nSPS) is 12.1. The Bertz CT molecular complexity index is 495. The van der Waals surface area contributed by atoms with Gasteiger partial charge in [0.1, 0.15) is 10.4 Å². The first-order valence-electron chi connectivity index (χ1n) is 5.08. The van der Waals surface area contributed by atoms with Gasteiger partial charge in [-0.15, -0.1) is 0 Å². The lowest BCUT2D eigenvalue weighted by molar-refractivity contribution is 0.0938. The topological polar surface area (TPSA) is 70.7 Å². The Balaban J connectivity index is 2.04. The number of rotatable bonds is 3. The molecule has 0 aliphatic rings. The van der Waals surface area contributed by atoms with Gasteiger partial charge in [-0.1, -0.05) is 0 Å². The summed E-state index contributed by atoms with van der Waals surface area (Å²) >= 11 is 3.22. The molecule has 0 saturated heterocycles. The molecular formula is C11H11BrN4O. The minimum absolute atomic E-state index is 0.166. The van der Waals surface area contributed by atoms with Crippen LogP contribution in [0.5, 0.6) is 0 Å². The molecule has 0 aromatic carbocycles. The zero-order valence-corrected chi connectivity index (χ0v) is 10.7. The largest absolute Gasteiger partial charge is 0.347 e. The summed E-state index contributed by atoms with van der Waals surface area (Å²) in [6.45, 7) is 1.86. The van der Waals surface area contributed by atoms with Crippen LogP contribution in [0.4, 0.5) is 0 Å². The first-order chi connectivity index (χ1) is 8.16. The van der Waals surface area contributed by atoms with E-state index in [4.69, 9.17) is 0 Å². The van der Waals surface area contributed by atoms with E-state index in [2.05, 4.69) is 36.2 Å². The lowest BCUT2D eigenvalue weighted by atomic mass is 10.2. The van der Waals surface area contributed by atoms with Gasteiger partial charge in [0, 0.05) is 18.6 Å². The Hall–Kier alpha value is -1.69. The van der Waals surface area contributed by atoms with Gasteiger partial charge >= 0.3 is 0 Å². The molecule has 0 aliphatic heterocycles. The number of imidazole rings is 1.